The molecule has 0 saturated carbocycles. The second-order valence-corrected chi connectivity index (χ2v) is 8.96. The third-order valence-electron chi connectivity index (χ3n) is 4.94. The van der Waals surface area contributed by atoms with Crippen molar-refractivity contribution in [1.82, 2.24) is 18.8 Å². The maximum absolute atomic E-state index is 13.0. The maximum atomic E-state index is 13.0. The number of aromatic carboxylic acids is 1. The average Bonchev–Trinajstić information content (AvgIpc) is 3.20. The minimum Gasteiger partial charge on any atom is -0.478 e. The molecule has 162 valence electrons. The Morgan fingerprint density at radius 2 is 1.97 bits per heavy atom. The minimum atomic E-state index is -4.05. The molecule has 3 heterocycles. The fraction of sp³-hybridized carbons (Fsp3) is 0.0909. The lowest BCUT2D eigenvalue weighted by atomic mass is 10.1. The van der Waals surface area contributed by atoms with Crippen molar-refractivity contribution in [3.05, 3.63) is 84.1 Å². The van der Waals surface area contributed by atoms with Crippen LogP contribution in [0.15, 0.2) is 77.2 Å². The quantitative estimate of drug-likeness (QED) is 0.357. The first-order valence-corrected chi connectivity index (χ1v) is 11.0. The highest BCUT2D eigenvalue weighted by Crippen LogP contribution is 2.22. The Hall–Kier alpha value is -4.05. The van der Waals surface area contributed by atoms with Crippen LogP contribution in [-0.2, 0) is 10.0 Å². The molecule has 0 saturated heterocycles. The monoisotopic (exact) mass is 449 g/mol. The number of aryl methyl sites for hydroxylation is 1. The first-order valence-electron chi connectivity index (χ1n) is 9.52. The van der Waals surface area contributed by atoms with E-state index >= 15 is 0 Å². The predicted octanol–water partition coefficient (Wildman–Crippen LogP) is 3.06. The maximum Gasteiger partial charge on any atom is 0.335 e. The number of pyridine rings is 2. The number of imidazole rings is 1. The van der Waals surface area contributed by atoms with Crippen molar-refractivity contribution in [2.45, 2.75) is 11.8 Å². The van der Waals surface area contributed by atoms with Crippen molar-refractivity contribution in [3.63, 3.8) is 0 Å². The number of carbonyl (C=O) groups is 1. The summed E-state index contributed by atoms with van der Waals surface area (Å²) in [6.07, 6.45) is 8.29. The standard InChI is InChI=1S/C22H19N5O4S/c1-15-5-6-16(22(28)29)10-20(15)32(30,31)26(2)25-13-19-12-24-21-8-7-18(14-27(19)21)17-4-3-9-23-11-17/h3-14H,1-2H3,(H,28,29)/b25-13+. The number of fused-ring (bicyclic) bond motifs is 1. The van der Waals surface area contributed by atoms with E-state index in [-0.39, 0.29) is 10.5 Å². The summed E-state index contributed by atoms with van der Waals surface area (Å²) < 4.78 is 28.6. The van der Waals surface area contributed by atoms with Crippen molar-refractivity contribution in [2.75, 3.05) is 7.05 Å². The van der Waals surface area contributed by atoms with Gasteiger partial charge < -0.3 is 5.11 Å². The van der Waals surface area contributed by atoms with Gasteiger partial charge in [0.1, 0.15) is 5.65 Å². The van der Waals surface area contributed by atoms with Crippen LogP contribution in [0.25, 0.3) is 16.8 Å². The lowest BCUT2D eigenvalue weighted by Gasteiger charge is -2.15. The van der Waals surface area contributed by atoms with Crippen LogP contribution in [-0.4, -0.2) is 51.5 Å². The van der Waals surface area contributed by atoms with Crippen LogP contribution >= 0.6 is 0 Å². The Labute approximate surface area is 184 Å². The zero-order valence-electron chi connectivity index (χ0n) is 17.2. The fourth-order valence-corrected chi connectivity index (χ4v) is 4.36. The number of rotatable bonds is 6. The molecule has 0 aliphatic heterocycles. The van der Waals surface area contributed by atoms with Crippen LogP contribution < -0.4 is 0 Å². The molecule has 0 radical (unpaired) electrons. The number of carboxylic acid groups (broad SMARTS) is 1. The summed E-state index contributed by atoms with van der Waals surface area (Å²) in [5.74, 6) is -1.21. The molecule has 0 aliphatic rings. The molecular weight excluding hydrogens is 430 g/mol. The average molecular weight is 449 g/mol. The second-order valence-electron chi connectivity index (χ2n) is 7.04. The van der Waals surface area contributed by atoms with E-state index in [2.05, 4.69) is 15.1 Å². The topological polar surface area (TPSA) is 117 Å². The number of aromatic nitrogens is 3. The third kappa shape index (κ3) is 3.95. The van der Waals surface area contributed by atoms with Crippen molar-refractivity contribution in [1.29, 1.82) is 0 Å². The Morgan fingerprint density at radius 3 is 2.69 bits per heavy atom. The normalized spacial score (nSPS) is 11.8. The van der Waals surface area contributed by atoms with Crippen molar-refractivity contribution in [2.24, 2.45) is 5.10 Å². The van der Waals surface area contributed by atoms with Gasteiger partial charge in [-0.15, -0.1) is 0 Å². The summed E-state index contributed by atoms with van der Waals surface area (Å²) in [6, 6.07) is 11.5. The lowest BCUT2D eigenvalue weighted by Crippen LogP contribution is -2.23. The van der Waals surface area contributed by atoms with Crippen molar-refractivity contribution in [3.8, 4) is 11.1 Å². The summed E-state index contributed by atoms with van der Waals surface area (Å²) in [7, 11) is -2.75. The molecule has 0 bridgehead atoms. The smallest absolute Gasteiger partial charge is 0.335 e. The van der Waals surface area contributed by atoms with E-state index < -0.39 is 16.0 Å². The number of hydrazone groups is 1. The SMILES string of the molecule is Cc1ccc(C(=O)O)cc1S(=O)(=O)N(C)/N=C/c1cnc2ccc(-c3cccnc3)cn12. The van der Waals surface area contributed by atoms with Crippen LogP contribution in [0.1, 0.15) is 21.6 Å². The molecule has 0 amide bonds. The highest BCUT2D eigenvalue weighted by molar-refractivity contribution is 7.89. The van der Waals surface area contributed by atoms with Gasteiger partial charge in [0.25, 0.3) is 10.0 Å². The Balaban J connectivity index is 1.67. The first kappa shape index (κ1) is 21.2. The van der Waals surface area contributed by atoms with Gasteiger partial charge in [-0.2, -0.15) is 17.9 Å². The Morgan fingerprint density at radius 1 is 1.16 bits per heavy atom. The summed E-state index contributed by atoms with van der Waals surface area (Å²) in [4.78, 5) is 19.6. The number of hydrogen-bond acceptors (Lipinski definition) is 6. The zero-order valence-corrected chi connectivity index (χ0v) is 18.1. The summed E-state index contributed by atoms with van der Waals surface area (Å²) in [5, 5.41) is 13.3. The number of hydrogen-bond donors (Lipinski definition) is 1. The number of sulfonamides is 1. The van der Waals surface area contributed by atoms with Crippen molar-refractivity contribution < 1.29 is 18.3 Å². The van der Waals surface area contributed by atoms with Gasteiger partial charge >= 0.3 is 5.97 Å². The van der Waals surface area contributed by atoms with Gasteiger partial charge in [0.2, 0.25) is 0 Å². The van der Waals surface area contributed by atoms with E-state index in [4.69, 9.17) is 0 Å². The second kappa shape index (κ2) is 8.23. The molecule has 0 unspecified atom stereocenters. The van der Waals surface area contributed by atoms with Gasteiger partial charge in [-0.25, -0.2) is 9.78 Å². The Bertz CT molecular complexity index is 1450. The van der Waals surface area contributed by atoms with E-state index in [0.717, 1.165) is 21.6 Å². The van der Waals surface area contributed by atoms with E-state index in [9.17, 15) is 18.3 Å². The van der Waals surface area contributed by atoms with Gasteiger partial charge in [0.05, 0.1) is 28.6 Å². The molecule has 0 spiro atoms. The summed E-state index contributed by atoms with van der Waals surface area (Å²) >= 11 is 0. The van der Waals surface area contributed by atoms with Crippen LogP contribution in [0.5, 0.6) is 0 Å². The minimum absolute atomic E-state index is 0.115. The van der Waals surface area contributed by atoms with Gasteiger partial charge in [-0.1, -0.05) is 12.1 Å². The Kier molecular flexibility index (Phi) is 5.45. The molecular formula is C22H19N5O4S. The van der Waals surface area contributed by atoms with E-state index in [1.165, 1.54) is 25.4 Å². The molecule has 0 aliphatic carbocycles. The molecule has 1 N–H and O–H groups in total. The van der Waals surface area contributed by atoms with Crippen LogP contribution in [0.4, 0.5) is 0 Å². The van der Waals surface area contributed by atoms with Crippen LogP contribution in [0.2, 0.25) is 0 Å². The van der Waals surface area contributed by atoms with Crippen LogP contribution in [0.3, 0.4) is 0 Å². The molecule has 0 fully saturated rings. The molecule has 32 heavy (non-hydrogen) atoms. The van der Waals surface area contributed by atoms with E-state index in [0.29, 0.717) is 16.9 Å². The largest absolute Gasteiger partial charge is 0.478 e. The van der Waals surface area contributed by atoms with Gasteiger partial charge in [0, 0.05) is 36.8 Å². The third-order valence-corrected chi connectivity index (χ3v) is 6.73. The number of carboxylic acids is 1. The predicted molar refractivity (Wildman–Crippen MR) is 119 cm³/mol. The van der Waals surface area contributed by atoms with Crippen molar-refractivity contribution >= 4 is 27.9 Å². The highest BCUT2D eigenvalue weighted by Gasteiger charge is 2.23. The summed E-state index contributed by atoms with van der Waals surface area (Å²) in [5.41, 5.74) is 3.41. The molecule has 4 aromatic rings. The molecule has 10 heteroatoms. The zero-order chi connectivity index (χ0) is 22.9. The molecule has 1 aromatic carbocycles. The number of nitrogens with zero attached hydrogens (tertiary/aromatic N) is 5. The van der Waals surface area contributed by atoms with Gasteiger partial charge in [-0.3, -0.25) is 9.38 Å². The molecule has 9 nitrogen and oxygen atoms in total. The van der Waals surface area contributed by atoms with E-state index in [1.807, 2.05) is 30.5 Å². The molecule has 0 atom stereocenters. The van der Waals surface area contributed by atoms with E-state index in [1.54, 1.807) is 29.9 Å². The lowest BCUT2D eigenvalue weighted by molar-refractivity contribution is 0.0696. The molecule has 3 aromatic heterocycles. The fourth-order valence-electron chi connectivity index (χ4n) is 3.16. The van der Waals surface area contributed by atoms with Gasteiger partial charge in [-0.05, 0) is 42.8 Å². The summed E-state index contributed by atoms with van der Waals surface area (Å²) in [6.45, 7) is 1.60. The van der Waals surface area contributed by atoms with Gasteiger partial charge in [0.15, 0.2) is 0 Å². The van der Waals surface area contributed by atoms with Crippen LogP contribution in [0, 0.1) is 6.92 Å². The highest BCUT2D eigenvalue weighted by atomic mass is 32.2. The number of benzene rings is 1. The first-order chi connectivity index (χ1) is 15.3. The molecule has 4 rings (SSSR count).